The molecule has 8 heteroatoms. The summed E-state index contributed by atoms with van der Waals surface area (Å²) in [4.78, 5) is 13.6. The average molecular weight is 383 g/mol. The number of thioether (sulfide) groups is 1. The fraction of sp³-hybridized carbons (Fsp3) is 0.375. The molecule has 3 heterocycles. The molecule has 0 saturated heterocycles. The number of furan rings is 1. The van der Waals surface area contributed by atoms with Gasteiger partial charge in [0.15, 0.2) is 5.11 Å². The molecule has 5 nitrogen and oxygen atoms in total. The lowest BCUT2D eigenvalue weighted by atomic mass is 10.1. The Morgan fingerprint density at radius 3 is 3.12 bits per heavy atom. The molecule has 0 aromatic carbocycles. The zero-order chi connectivity index (χ0) is 16.9. The molecule has 0 atom stereocenters. The van der Waals surface area contributed by atoms with Gasteiger partial charge in [-0.05, 0) is 49.0 Å². The van der Waals surface area contributed by atoms with E-state index in [0.29, 0.717) is 23.8 Å². The van der Waals surface area contributed by atoms with Crippen LogP contribution in [-0.2, 0) is 23.5 Å². The normalized spacial score (nSPS) is 13.2. The summed E-state index contributed by atoms with van der Waals surface area (Å²) < 4.78 is 10.5. The van der Waals surface area contributed by atoms with Crippen molar-refractivity contribution in [1.82, 2.24) is 5.32 Å². The van der Waals surface area contributed by atoms with Gasteiger partial charge in [-0.3, -0.25) is 0 Å². The van der Waals surface area contributed by atoms with E-state index in [4.69, 9.17) is 21.4 Å². The number of esters is 1. The number of anilines is 1. The SMILES string of the molecule is CCOC(=O)c1c(NC(=S)NCc2ccco2)sc2c1CCSC2. The van der Waals surface area contributed by atoms with Crippen molar-refractivity contribution in [3.05, 3.63) is 40.2 Å². The van der Waals surface area contributed by atoms with Crippen LogP contribution in [0.2, 0.25) is 0 Å². The first-order valence-electron chi connectivity index (χ1n) is 7.65. The quantitative estimate of drug-likeness (QED) is 0.602. The number of rotatable bonds is 5. The number of carbonyl (C=O) groups excluding carboxylic acids is 1. The van der Waals surface area contributed by atoms with E-state index >= 15 is 0 Å². The number of carbonyl (C=O) groups is 1. The monoisotopic (exact) mass is 382 g/mol. The fourth-order valence-corrected chi connectivity index (χ4v) is 5.08. The highest BCUT2D eigenvalue weighted by Gasteiger charge is 2.26. The van der Waals surface area contributed by atoms with E-state index in [1.165, 1.54) is 4.88 Å². The van der Waals surface area contributed by atoms with Crippen LogP contribution in [0.15, 0.2) is 22.8 Å². The first kappa shape index (κ1) is 17.3. The summed E-state index contributed by atoms with van der Waals surface area (Å²) in [7, 11) is 0. The molecule has 1 aliphatic heterocycles. The van der Waals surface area contributed by atoms with Gasteiger partial charge in [-0.1, -0.05) is 0 Å². The largest absolute Gasteiger partial charge is 0.467 e. The second-order valence-electron chi connectivity index (χ2n) is 5.12. The third-order valence-electron chi connectivity index (χ3n) is 3.53. The Labute approximate surface area is 154 Å². The van der Waals surface area contributed by atoms with Gasteiger partial charge in [0.1, 0.15) is 10.8 Å². The number of thiocarbonyl (C=S) groups is 1. The zero-order valence-electron chi connectivity index (χ0n) is 13.2. The van der Waals surface area contributed by atoms with Crippen molar-refractivity contribution in [2.24, 2.45) is 0 Å². The van der Waals surface area contributed by atoms with Gasteiger partial charge in [0.25, 0.3) is 0 Å². The number of nitrogens with one attached hydrogen (secondary N) is 2. The van der Waals surface area contributed by atoms with Crippen molar-refractivity contribution < 1.29 is 13.9 Å². The summed E-state index contributed by atoms with van der Waals surface area (Å²) in [6.07, 6.45) is 2.51. The van der Waals surface area contributed by atoms with E-state index in [9.17, 15) is 4.79 Å². The second kappa shape index (κ2) is 8.04. The molecule has 0 spiro atoms. The van der Waals surface area contributed by atoms with Crippen LogP contribution < -0.4 is 10.6 Å². The molecule has 0 fully saturated rings. The molecule has 0 bridgehead atoms. The molecule has 2 N–H and O–H groups in total. The Morgan fingerprint density at radius 1 is 1.50 bits per heavy atom. The molecule has 24 heavy (non-hydrogen) atoms. The highest BCUT2D eigenvalue weighted by atomic mass is 32.2. The summed E-state index contributed by atoms with van der Waals surface area (Å²) in [6.45, 7) is 2.67. The molecular weight excluding hydrogens is 364 g/mol. The van der Waals surface area contributed by atoms with Gasteiger partial charge in [-0.15, -0.1) is 11.3 Å². The predicted octanol–water partition coefficient (Wildman–Crippen LogP) is 3.79. The van der Waals surface area contributed by atoms with Gasteiger partial charge in [-0.2, -0.15) is 11.8 Å². The minimum atomic E-state index is -0.279. The standard InChI is InChI=1S/C16H18N2O3S3/c1-2-20-15(19)13-11-5-7-23-9-12(11)24-14(13)18-16(22)17-8-10-4-3-6-21-10/h3-4,6H,2,5,7-9H2,1H3,(H2,17,18,22). The minimum absolute atomic E-state index is 0.279. The topological polar surface area (TPSA) is 63.5 Å². The number of fused-ring (bicyclic) bond motifs is 1. The number of hydrogen-bond donors (Lipinski definition) is 2. The van der Waals surface area contributed by atoms with Crippen LogP contribution in [0.4, 0.5) is 5.00 Å². The lowest BCUT2D eigenvalue weighted by Gasteiger charge is -2.12. The molecule has 128 valence electrons. The van der Waals surface area contributed by atoms with E-state index in [1.54, 1.807) is 17.6 Å². The maximum atomic E-state index is 12.4. The number of thiophene rings is 1. The van der Waals surface area contributed by atoms with Crippen molar-refractivity contribution in [3.8, 4) is 0 Å². The van der Waals surface area contributed by atoms with E-state index in [1.807, 2.05) is 30.8 Å². The predicted molar refractivity (Wildman–Crippen MR) is 102 cm³/mol. The fourth-order valence-electron chi connectivity index (χ4n) is 2.47. The molecule has 0 unspecified atom stereocenters. The van der Waals surface area contributed by atoms with Gasteiger partial charge in [-0.25, -0.2) is 4.79 Å². The van der Waals surface area contributed by atoms with Gasteiger partial charge < -0.3 is 19.8 Å². The summed E-state index contributed by atoms with van der Waals surface area (Å²) in [5, 5.41) is 7.47. The molecular formula is C16H18N2O3S3. The Morgan fingerprint density at radius 2 is 2.38 bits per heavy atom. The number of ether oxygens (including phenoxy) is 1. The van der Waals surface area contributed by atoms with Gasteiger partial charge in [0, 0.05) is 10.6 Å². The van der Waals surface area contributed by atoms with Gasteiger partial charge in [0.05, 0.1) is 25.0 Å². The average Bonchev–Trinajstić information content (AvgIpc) is 3.20. The van der Waals surface area contributed by atoms with Crippen molar-refractivity contribution in [2.45, 2.75) is 25.6 Å². The summed E-state index contributed by atoms with van der Waals surface area (Å²) in [6, 6.07) is 3.71. The van der Waals surface area contributed by atoms with E-state index in [-0.39, 0.29) is 5.97 Å². The third-order valence-corrected chi connectivity index (χ3v) is 6.09. The van der Waals surface area contributed by atoms with Crippen LogP contribution in [0.5, 0.6) is 0 Å². The molecule has 2 aromatic heterocycles. The smallest absolute Gasteiger partial charge is 0.341 e. The maximum absolute atomic E-state index is 12.4. The summed E-state index contributed by atoms with van der Waals surface area (Å²) in [5.74, 6) is 2.47. The van der Waals surface area contributed by atoms with Crippen LogP contribution in [0.25, 0.3) is 0 Å². The van der Waals surface area contributed by atoms with Crippen molar-refractivity contribution in [2.75, 3.05) is 17.7 Å². The number of hydrogen-bond acceptors (Lipinski definition) is 6. The third kappa shape index (κ3) is 3.93. The summed E-state index contributed by atoms with van der Waals surface area (Å²) in [5.41, 5.74) is 1.74. The Hall–Kier alpha value is -1.51. The zero-order valence-corrected chi connectivity index (χ0v) is 15.7. The van der Waals surface area contributed by atoms with E-state index in [2.05, 4.69) is 10.6 Å². The second-order valence-corrected chi connectivity index (χ2v) is 7.74. The lowest BCUT2D eigenvalue weighted by molar-refractivity contribution is 0.0527. The molecule has 3 rings (SSSR count). The first-order chi connectivity index (χ1) is 11.7. The Bertz CT molecular complexity index is 725. The Kier molecular flexibility index (Phi) is 5.80. The van der Waals surface area contributed by atoms with Crippen molar-refractivity contribution >= 4 is 51.4 Å². The van der Waals surface area contributed by atoms with Gasteiger partial charge >= 0.3 is 5.97 Å². The highest BCUT2D eigenvalue weighted by Crippen LogP contribution is 2.39. The minimum Gasteiger partial charge on any atom is -0.467 e. The van der Waals surface area contributed by atoms with Crippen LogP contribution in [-0.4, -0.2) is 23.4 Å². The maximum Gasteiger partial charge on any atom is 0.341 e. The molecule has 0 saturated carbocycles. The lowest BCUT2D eigenvalue weighted by Crippen LogP contribution is -2.28. The van der Waals surface area contributed by atoms with E-state index < -0.39 is 0 Å². The Balaban J connectivity index is 1.75. The van der Waals surface area contributed by atoms with Gasteiger partial charge in [0.2, 0.25) is 0 Å². The van der Waals surface area contributed by atoms with Crippen LogP contribution >= 0.6 is 35.3 Å². The van der Waals surface area contributed by atoms with Crippen LogP contribution in [0.1, 0.15) is 33.5 Å². The van der Waals surface area contributed by atoms with Crippen LogP contribution in [0, 0.1) is 0 Å². The highest BCUT2D eigenvalue weighted by molar-refractivity contribution is 7.98. The van der Waals surface area contributed by atoms with Crippen molar-refractivity contribution in [1.29, 1.82) is 0 Å². The van der Waals surface area contributed by atoms with Crippen molar-refractivity contribution in [3.63, 3.8) is 0 Å². The molecule has 2 aromatic rings. The first-order valence-corrected chi connectivity index (χ1v) is 10.0. The molecule has 0 amide bonds. The summed E-state index contributed by atoms with van der Waals surface area (Å²) >= 11 is 8.81. The van der Waals surface area contributed by atoms with E-state index in [0.717, 1.165) is 34.3 Å². The molecule has 0 radical (unpaired) electrons. The molecule has 1 aliphatic rings. The molecule has 0 aliphatic carbocycles. The van der Waals surface area contributed by atoms with Crippen LogP contribution in [0.3, 0.4) is 0 Å².